The smallest absolute Gasteiger partial charge is 0.0225 e. The molecule has 0 heterocycles. The molecule has 2 nitrogen and oxygen atoms in total. The van der Waals surface area contributed by atoms with Crippen LogP contribution in [0.3, 0.4) is 0 Å². The van der Waals surface area contributed by atoms with Crippen molar-refractivity contribution in [3.63, 3.8) is 0 Å². The fourth-order valence-electron chi connectivity index (χ4n) is 3.42. The van der Waals surface area contributed by atoms with Crippen LogP contribution in [0, 0.1) is 0 Å². The van der Waals surface area contributed by atoms with E-state index in [1.807, 2.05) is 35.3 Å². The van der Waals surface area contributed by atoms with Gasteiger partial charge in [-0.2, -0.15) is 0 Å². The average Bonchev–Trinajstić information content (AvgIpc) is 3.03. The molecule has 0 fully saturated rings. The van der Waals surface area contributed by atoms with Gasteiger partial charge in [0.1, 0.15) is 0 Å². The van der Waals surface area contributed by atoms with Crippen molar-refractivity contribution in [2.75, 3.05) is 0 Å². The van der Waals surface area contributed by atoms with E-state index in [0.717, 1.165) is 16.7 Å². The first-order valence-electron chi connectivity index (χ1n) is 8.56. The second kappa shape index (κ2) is 6.56. The molecule has 0 atom stereocenters. The molecule has 0 amide bonds. The van der Waals surface area contributed by atoms with Gasteiger partial charge in [0.2, 0.25) is 0 Å². The van der Waals surface area contributed by atoms with E-state index < -0.39 is 0 Å². The van der Waals surface area contributed by atoms with Crippen LogP contribution in [-0.4, -0.2) is 17.0 Å². The number of benzene rings is 2. The number of nitrogens with zero attached hydrogens (tertiary/aromatic N) is 1. The lowest BCUT2D eigenvalue weighted by Gasteiger charge is -2.40. The number of hydrogen-bond acceptors (Lipinski definition) is 2. The number of rotatable bonds is 4. The molecule has 0 aliphatic heterocycles. The number of hydrogen-bond donors (Lipinski definition) is 0. The van der Waals surface area contributed by atoms with Crippen molar-refractivity contribution < 1.29 is 5.11 Å². The first kappa shape index (κ1) is 16.4. The van der Waals surface area contributed by atoms with Crippen molar-refractivity contribution in [3.8, 4) is 0 Å². The van der Waals surface area contributed by atoms with Gasteiger partial charge in [-0.05, 0) is 67.1 Å². The largest absolute Gasteiger partial charge is 0.860 e. The highest BCUT2D eigenvalue weighted by atomic mass is 16.3. The van der Waals surface area contributed by atoms with E-state index in [2.05, 4.69) is 58.0 Å². The van der Waals surface area contributed by atoms with Crippen molar-refractivity contribution >= 4 is 16.3 Å². The molecule has 0 radical (unpaired) electrons. The molecular formula is C22H24NO-. The lowest BCUT2D eigenvalue weighted by molar-refractivity contribution is -0.338. The molecule has 24 heavy (non-hydrogen) atoms. The molecule has 1 aliphatic carbocycles. The predicted octanol–water partition coefficient (Wildman–Crippen LogP) is 4.48. The molecule has 0 aromatic heterocycles. The van der Waals surface area contributed by atoms with Crippen LogP contribution >= 0.6 is 0 Å². The Hall–Kier alpha value is -2.48. The van der Waals surface area contributed by atoms with Crippen molar-refractivity contribution in [1.29, 1.82) is 0 Å². The van der Waals surface area contributed by atoms with Crippen LogP contribution in [0.4, 0.5) is 0 Å². The van der Waals surface area contributed by atoms with Crippen LogP contribution in [0.2, 0.25) is 0 Å². The van der Waals surface area contributed by atoms with Gasteiger partial charge in [-0.3, -0.25) is 0 Å². The SMILES string of the molecule is CC(C)N(/C([O-])=C1\C=CC=C1c1ccc2ccccc2c1)C(C)C. The molecule has 2 aromatic carbocycles. The highest BCUT2D eigenvalue weighted by Gasteiger charge is 2.17. The maximum absolute atomic E-state index is 13.1. The van der Waals surface area contributed by atoms with Gasteiger partial charge in [0.25, 0.3) is 0 Å². The summed E-state index contributed by atoms with van der Waals surface area (Å²) in [7, 11) is 0. The van der Waals surface area contributed by atoms with Gasteiger partial charge in [-0.25, -0.2) is 0 Å². The fraction of sp³-hybridized carbons (Fsp3) is 0.273. The lowest BCUT2D eigenvalue weighted by atomic mass is 9.97. The Balaban J connectivity index is 2.05. The van der Waals surface area contributed by atoms with Crippen LogP contribution in [0.1, 0.15) is 33.3 Å². The number of allylic oxidation sites excluding steroid dienone is 5. The molecule has 1 aliphatic rings. The van der Waals surface area contributed by atoms with Gasteiger partial charge >= 0.3 is 0 Å². The standard InChI is InChI=1S/C22H25NO/c1-15(2)23(16(3)4)22(24)21-11-7-10-20(21)19-13-12-17-8-5-6-9-18(17)14-19/h5-16,24H,1-4H3/p-1/b22-21-. The van der Waals surface area contributed by atoms with E-state index in [1.165, 1.54) is 10.8 Å². The van der Waals surface area contributed by atoms with Gasteiger partial charge in [0, 0.05) is 12.1 Å². The average molecular weight is 318 g/mol. The Labute approximate surface area is 144 Å². The first-order chi connectivity index (χ1) is 11.5. The topological polar surface area (TPSA) is 26.3 Å². The van der Waals surface area contributed by atoms with Gasteiger partial charge in [-0.15, -0.1) is 0 Å². The summed E-state index contributed by atoms with van der Waals surface area (Å²) in [6.07, 6.45) is 5.94. The summed E-state index contributed by atoms with van der Waals surface area (Å²) in [5.41, 5.74) is 2.89. The summed E-state index contributed by atoms with van der Waals surface area (Å²) in [6.45, 7) is 8.26. The van der Waals surface area contributed by atoms with Crippen LogP contribution in [-0.2, 0) is 0 Å². The predicted molar refractivity (Wildman–Crippen MR) is 100 cm³/mol. The molecule has 0 spiro atoms. The zero-order valence-corrected chi connectivity index (χ0v) is 14.8. The van der Waals surface area contributed by atoms with Crippen molar-refractivity contribution in [1.82, 2.24) is 4.90 Å². The third-order valence-electron chi connectivity index (χ3n) is 4.45. The molecule has 3 rings (SSSR count). The Morgan fingerprint density at radius 1 is 0.917 bits per heavy atom. The van der Waals surface area contributed by atoms with Crippen LogP contribution in [0.25, 0.3) is 16.3 Å². The summed E-state index contributed by atoms with van der Waals surface area (Å²) < 4.78 is 0. The third-order valence-corrected chi connectivity index (χ3v) is 4.45. The highest BCUT2D eigenvalue weighted by molar-refractivity contribution is 5.92. The van der Waals surface area contributed by atoms with Gasteiger partial charge < -0.3 is 10.0 Å². The fourth-order valence-corrected chi connectivity index (χ4v) is 3.42. The van der Waals surface area contributed by atoms with Crippen LogP contribution in [0.5, 0.6) is 0 Å². The molecule has 0 saturated heterocycles. The van der Waals surface area contributed by atoms with E-state index in [9.17, 15) is 5.11 Å². The minimum absolute atomic E-state index is 0.105. The summed E-state index contributed by atoms with van der Waals surface area (Å²) in [6, 6.07) is 15.0. The molecule has 124 valence electrons. The second-order valence-corrected chi connectivity index (χ2v) is 6.81. The summed E-state index contributed by atoms with van der Waals surface area (Å²) in [5.74, 6) is 0.105. The van der Waals surface area contributed by atoms with E-state index in [4.69, 9.17) is 0 Å². The van der Waals surface area contributed by atoms with E-state index in [0.29, 0.717) is 0 Å². The van der Waals surface area contributed by atoms with Gasteiger partial charge in [-0.1, -0.05) is 54.6 Å². The first-order valence-corrected chi connectivity index (χ1v) is 8.56. The Kier molecular flexibility index (Phi) is 4.48. The minimum atomic E-state index is 0.105. The quantitative estimate of drug-likeness (QED) is 0.777. The Morgan fingerprint density at radius 3 is 2.25 bits per heavy atom. The zero-order valence-electron chi connectivity index (χ0n) is 14.8. The molecule has 0 saturated carbocycles. The summed E-state index contributed by atoms with van der Waals surface area (Å²) >= 11 is 0. The summed E-state index contributed by atoms with van der Waals surface area (Å²) in [5, 5.41) is 15.5. The van der Waals surface area contributed by atoms with Gasteiger partial charge in [0.15, 0.2) is 0 Å². The van der Waals surface area contributed by atoms with Crippen molar-refractivity contribution in [2.24, 2.45) is 0 Å². The Morgan fingerprint density at radius 2 is 1.58 bits per heavy atom. The van der Waals surface area contributed by atoms with E-state index in [1.54, 1.807) is 0 Å². The minimum Gasteiger partial charge on any atom is -0.860 e. The number of fused-ring (bicyclic) bond motifs is 1. The highest BCUT2D eigenvalue weighted by Crippen LogP contribution is 2.33. The lowest BCUT2D eigenvalue weighted by Crippen LogP contribution is -2.41. The summed E-state index contributed by atoms with van der Waals surface area (Å²) in [4.78, 5) is 1.94. The van der Waals surface area contributed by atoms with Crippen molar-refractivity contribution in [2.45, 2.75) is 39.8 Å². The molecule has 0 unspecified atom stereocenters. The van der Waals surface area contributed by atoms with Crippen LogP contribution in [0.15, 0.2) is 72.1 Å². The monoisotopic (exact) mass is 318 g/mol. The maximum Gasteiger partial charge on any atom is 0.0225 e. The molecule has 2 heteroatoms. The molecule has 2 aromatic rings. The normalized spacial score (nSPS) is 16.2. The molecule has 0 N–H and O–H groups in total. The second-order valence-electron chi connectivity index (χ2n) is 6.81. The molecular weight excluding hydrogens is 294 g/mol. The Bertz CT molecular complexity index is 832. The van der Waals surface area contributed by atoms with Crippen LogP contribution < -0.4 is 5.11 Å². The van der Waals surface area contributed by atoms with E-state index >= 15 is 0 Å². The molecule has 0 bridgehead atoms. The zero-order chi connectivity index (χ0) is 17.3. The van der Waals surface area contributed by atoms with Crippen molar-refractivity contribution in [3.05, 3.63) is 77.7 Å². The maximum atomic E-state index is 13.1. The van der Waals surface area contributed by atoms with Gasteiger partial charge in [0.05, 0.1) is 0 Å². The van der Waals surface area contributed by atoms with E-state index in [-0.39, 0.29) is 18.0 Å². The third kappa shape index (κ3) is 2.96.